The van der Waals surface area contributed by atoms with E-state index in [1.807, 2.05) is 36.4 Å². The summed E-state index contributed by atoms with van der Waals surface area (Å²) in [6.45, 7) is 1.74. The number of nitrogens with one attached hydrogen (secondary N) is 1. The summed E-state index contributed by atoms with van der Waals surface area (Å²) in [5, 5.41) is 26.2. The Morgan fingerprint density at radius 1 is 1.14 bits per heavy atom. The number of amides is 1. The number of carbonyl (C=O) groups excluding carboxylic acids is 1. The number of nitro groups is 1. The topological polar surface area (TPSA) is 106 Å². The molecule has 0 fully saturated rings. The molecule has 4 aromatic rings. The second-order valence-corrected chi connectivity index (χ2v) is 6.47. The van der Waals surface area contributed by atoms with Gasteiger partial charge in [-0.1, -0.05) is 36.4 Å². The van der Waals surface area contributed by atoms with Crippen LogP contribution in [0.1, 0.15) is 21.7 Å². The first-order chi connectivity index (χ1) is 13.5. The zero-order valence-electron chi connectivity index (χ0n) is 14.9. The number of benzene rings is 3. The summed E-state index contributed by atoms with van der Waals surface area (Å²) in [5.74, 6) is -0.404. The lowest BCUT2D eigenvalue weighted by Crippen LogP contribution is -2.23. The van der Waals surface area contributed by atoms with E-state index in [9.17, 15) is 20.0 Å². The molecule has 1 heterocycles. The molecule has 0 aliphatic heterocycles. The van der Waals surface area contributed by atoms with Gasteiger partial charge >= 0.3 is 0 Å². The maximum Gasteiger partial charge on any atom is 0.287 e. The number of hydrogen-bond acceptors (Lipinski definition) is 5. The van der Waals surface area contributed by atoms with E-state index in [4.69, 9.17) is 4.42 Å². The summed E-state index contributed by atoms with van der Waals surface area (Å²) in [6, 6.07) is 15.3. The Balaban J connectivity index is 1.65. The lowest BCUT2D eigenvalue weighted by molar-refractivity contribution is -0.384. The van der Waals surface area contributed by atoms with Crippen molar-refractivity contribution in [3.05, 3.63) is 81.6 Å². The summed E-state index contributed by atoms with van der Waals surface area (Å²) in [5.41, 5.74) is 1.44. The normalized spacial score (nSPS) is 11.0. The number of hydrogen-bond donors (Lipinski definition) is 2. The molecule has 1 amide bonds. The minimum atomic E-state index is -0.556. The highest BCUT2D eigenvalue weighted by Gasteiger charge is 2.19. The van der Waals surface area contributed by atoms with Crippen LogP contribution in [0.2, 0.25) is 0 Å². The van der Waals surface area contributed by atoms with E-state index in [1.54, 1.807) is 6.92 Å². The van der Waals surface area contributed by atoms with Crippen molar-refractivity contribution in [3.8, 4) is 5.75 Å². The van der Waals surface area contributed by atoms with Gasteiger partial charge < -0.3 is 14.8 Å². The third-order valence-corrected chi connectivity index (χ3v) is 4.75. The Kier molecular flexibility index (Phi) is 4.19. The van der Waals surface area contributed by atoms with Gasteiger partial charge in [-0.2, -0.15) is 0 Å². The van der Waals surface area contributed by atoms with Gasteiger partial charge in [0.1, 0.15) is 11.3 Å². The Bertz CT molecular complexity index is 1240. The molecule has 0 bridgehead atoms. The number of aromatic hydroxyl groups is 1. The fraction of sp³-hybridized carbons (Fsp3) is 0.0952. The molecule has 140 valence electrons. The third-order valence-electron chi connectivity index (χ3n) is 4.75. The molecule has 3 aromatic carbocycles. The first-order valence-corrected chi connectivity index (χ1v) is 8.61. The largest absolute Gasteiger partial charge is 0.508 e. The monoisotopic (exact) mass is 376 g/mol. The van der Waals surface area contributed by atoms with Gasteiger partial charge in [0.05, 0.1) is 4.92 Å². The first kappa shape index (κ1) is 17.5. The van der Waals surface area contributed by atoms with E-state index in [0.717, 1.165) is 16.2 Å². The molecule has 7 heteroatoms. The van der Waals surface area contributed by atoms with Crippen LogP contribution in [-0.2, 0) is 6.54 Å². The maximum absolute atomic E-state index is 12.7. The van der Waals surface area contributed by atoms with Crippen LogP contribution in [0.3, 0.4) is 0 Å². The fourth-order valence-corrected chi connectivity index (χ4v) is 3.25. The second kappa shape index (κ2) is 6.70. The lowest BCUT2D eigenvalue weighted by Gasteiger charge is -2.06. The summed E-state index contributed by atoms with van der Waals surface area (Å²) < 4.78 is 5.87. The highest BCUT2D eigenvalue weighted by atomic mass is 16.6. The Morgan fingerprint density at radius 3 is 2.71 bits per heavy atom. The minimum absolute atomic E-state index is 0.0659. The van der Waals surface area contributed by atoms with Gasteiger partial charge in [0.25, 0.3) is 11.6 Å². The second-order valence-electron chi connectivity index (χ2n) is 6.47. The van der Waals surface area contributed by atoms with Crippen molar-refractivity contribution in [1.29, 1.82) is 0 Å². The van der Waals surface area contributed by atoms with Crippen molar-refractivity contribution in [2.75, 3.05) is 0 Å². The summed E-state index contributed by atoms with van der Waals surface area (Å²) in [4.78, 5) is 23.0. The molecule has 0 radical (unpaired) electrons. The van der Waals surface area contributed by atoms with Crippen LogP contribution in [0.15, 0.2) is 59.0 Å². The number of aryl methyl sites for hydroxylation is 1. The number of phenolic OH excluding ortho intramolecular Hbond substituents is 1. The maximum atomic E-state index is 12.7. The zero-order chi connectivity index (χ0) is 19.8. The van der Waals surface area contributed by atoms with Crippen LogP contribution in [-0.4, -0.2) is 15.9 Å². The minimum Gasteiger partial charge on any atom is -0.508 e. The lowest BCUT2D eigenvalue weighted by atomic mass is 10.1. The third kappa shape index (κ3) is 2.92. The van der Waals surface area contributed by atoms with Crippen molar-refractivity contribution in [1.82, 2.24) is 5.32 Å². The van der Waals surface area contributed by atoms with E-state index < -0.39 is 10.8 Å². The number of nitrogens with zero attached hydrogens (tertiary/aromatic N) is 1. The molecule has 28 heavy (non-hydrogen) atoms. The Morgan fingerprint density at radius 2 is 1.93 bits per heavy atom. The number of fused-ring (bicyclic) bond motifs is 3. The smallest absolute Gasteiger partial charge is 0.287 e. The van der Waals surface area contributed by atoms with Crippen LogP contribution < -0.4 is 5.32 Å². The molecule has 4 rings (SSSR count). The average Bonchev–Trinajstić information content (AvgIpc) is 3.04. The van der Waals surface area contributed by atoms with Crippen molar-refractivity contribution in [3.63, 3.8) is 0 Å². The molecule has 1 aromatic heterocycles. The summed E-state index contributed by atoms with van der Waals surface area (Å²) in [6.07, 6.45) is 0. The van der Waals surface area contributed by atoms with Crippen molar-refractivity contribution in [2.24, 2.45) is 0 Å². The molecule has 0 aliphatic rings. The van der Waals surface area contributed by atoms with Gasteiger partial charge in [-0.25, -0.2) is 0 Å². The molecular formula is C21H16N2O5. The van der Waals surface area contributed by atoms with E-state index in [2.05, 4.69) is 5.32 Å². The molecule has 0 aliphatic carbocycles. The SMILES string of the molecule is Cc1c(C(=O)NCc2cc([N+](=O)[O-])ccc2O)oc2c1ccc1ccccc12. The van der Waals surface area contributed by atoms with E-state index in [-0.39, 0.29) is 29.3 Å². The van der Waals surface area contributed by atoms with Crippen molar-refractivity contribution in [2.45, 2.75) is 13.5 Å². The molecular weight excluding hydrogens is 360 g/mol. The van der Waals surface area contributed by atoms with Gasteiger partial charge in [0, 0.05) is 40.6 Å². The van der Waals surface area contributed by atoms with Crippen LogP contribution >= 0.6 is 0 Å². The number of furan rings is 1. The van der Waals surface area contributed by atoms with Crippen molar-refractivity contribution < 1.29 is 19.2 Å². The summed E-state index contributed by atoms with van der Waals surface area (Å²) in [7, 11) is 0. The molecule has 2 N–H and O–H groups in total. The predicted molar refractivity (Wildman–Crippen MR) is 104 cm³/mol. The fourth-order valence-electron chi connectivity index (χ4n) is 3.25. The van der Waals surface area contributed by atoms with Gasteiger partial charge in [0.15, 0.2) is 5.76 Å². The quantitative estimate of drug-likeness (QED) is 0.405. The average molecular weight is 376 g/mol. The van der Waals surface area contributed by atoms with Gasteiger partial charge in [-0.15, -0.1) is 0 Å². The molecule has 0 saturated carbocycles. The van der Waals surface area contributed by atoms with Crippen molar-refractivity contribution >= 4 is 33.3 Å². The van der Waals surface area contributed by atoms with Gasteiger partial charge in [-0.05, 0) is 18.4 Å². The molecule has 0 saturated heterocycles. The number of phenols is 1. The highest BCUT2D eigenvalue weighted by molar-refractivity contribution is 6.08. The van der Waals surface area contributed by atoms with E-state index >= 15 is 0 Å². The molecule has 0 unspecified atom stereocenters. The standard InChI is InChI=1S/C21H16N2O5/c1-12-16-8-6-13-4-2-3-5-17(13)20(16)28-19(12)21(25)22-11-14-10-15(23(26)27)7-9-18(14)24/h2-10,24H,11H2,1H3,(H,22,25). The zero-order valence-corrected chi connectivity index (χ0v) is 14.9. The predicted octanol–water partition coefficient (Wildman–Crippen LogP) is 4.44. The molecule has 0 atom stereocenters. The van der Waals surface area contributed by atoms with Crippen LogP contribution in [0.25, 0.3) is 21.7 Å². The van der Waals surface area contributed by atoms with Crippen LogP contribution in [0.4, 0.5) is 5.69 Å². The Labute approximate surface area is 159 Å². The molecule has 7 nitrogen and oxygen atoms in total. The Hall–Kier alpha value is -3.87. The number of non-ortho nitro benzene ring substituents is 1. The highest BCUT2D eigenvalue weighted by Crippen LogP contribution is 2.32. The van der Waals surface area contributed by atoms with Gasteiger partial charge in [-0.3, -0.25) is 14.9 Å². The van der Waals surface area contributed by atoms with E-state index in [1.165, 1.54) is 18.2 Å². The van der Waals surface area contributed by atoms with Crippen LogP contribution in [0, 0.1) is 17.0 Å². The number of rotatable bonds is 4. The van der Waals surface area contributed by atoms with E-state index in [0.29, 0.717) is 11.1 Å². The van der Waals surface area contributed by atoms with Gasteiger partial charge in [0.2, 0.25) is 0 Å². The first-order valence-electron chi connectivity index (χ1n) is 8.61. The van der Waals surface area contributed by atoms with Crippen LogP contribution in [0.5, 0.6) is 5.75 Å². The molecule has 0 spiro atoms. The number of nitro benzene ring substituents is 1. The number of carbonyl (C=O) groups is 1. The summed E-state index contributed by atoms with van der Waals surface area (Å²) >= 11 is 0.